The maximum Gasteiger partial charge on any atom is 0.227 e. The minimum atomic E-state index is -0.112. The molecule has 2 bridgehead atoms. The second-order valence-corrected chi connectivity index (χ2v) is 6.41. The molecule has 2 aliphatic rings. The third kappa shape index (κ3) is 2.80. The van der Waals surface area contributed by atoms with E-state index in [1.165, 1.54) is 0 Å². The van der Waals surface area contributed by atoms with Gasteiger partial charge in [-0.1, -0.05) is 12.5 Å². The minimum absolute atomic E-state index is 0.0693. The number of amides is 1. The number of hydrogen-bond acceptors (Lipinski definition) is 3. The Balaban J connectivity index is 1.70. The van der Waals surface area contributed by atoms with E-state index in [0.29, 0.717) is 24.3 Å². The molecule has 3 atom stereocenters. The molecule has 0 saturated heterocycles. The van der Waals surface area contributed by atoms with Crippen LogP contribution in [-0.2, 0) is 9.59 Å². The molecule has 3 rings (SSSR count). The Morgan fingerprint density at radius 1 is 1.24 bits per heavy atom. The standard InChI is InChI=1S/C17H21NO3/c1-10-5-6-14(15(19)7-10)18-17(21)13-8-11-3-2-4-12(9-13)16(11)20/h5-7,11-13,19H,2-4,8-9H2,1H3,(H,18,21)/t11-,12+,13?. The smallest absolute Gasteiger partial charge is 0.227 e. The second kappa shape index (κ2) is 5.51. The van der Waals surface area contributed by atoms with Crippen molar-refractivity contribution in [3.63, 3.8) is 0 Å². The molecule has 1 amide bonds. The molecule has 2 aliphatic carbocycles. The summed E-state index contributed by atoms with van der Waals surface area (Å²) >= 11 is 0. The number of ketones is 1. The predicted molar refractivity (Wildman–Crippen MR) is 80.0 cm³/mol. The number of nitrogens with one attached hydrogen (secondary N) is 1. The monoisotopic (exact) mass is 287 g/mol. The summed E-state index contributed by atoms with van der Waals surface area (Å²) in [6, 6.07) is 5.21. The number of hydrogen-bond donors (Lipinski definition) is 2. The first-order valence-electron chi connectivity index (χ1n) is 7.69. The lowest BCUT2D eigenvalue weighted by atomic mass is 9.67. The van der Waals surface area contributed by atoms with Crippen molar-refractivity contribution in [1.29, 1.82) is 0 Å². The van der Waals surface area contributed by atoms with Gasteiger partial charge in [0.2, 0.25) is 5.91 Å². The molecule has 0 aromatic heterocycles. The molecular weight excluding hydrogens is 266 g/mol. The Morgan fingerprint density at radius 2 is 1.90 bits per heavy atom. The van der Waals surface area contributed by atoms with E-state index in [-0.39, 0.29) is 29.4 Å². The lowest BCUT2D eigenvalue weighted by molar-refractivity contribution is -0.136. The number of carbonyl (C=O) groups excluding carboxylic acids is 2. The highest BCUT2D eigenvalue weighted by molar-refractivity contribution is 5.96. The molecule has 0 heterocycles. The summed E-state index contributed by atoms with van der Waals surface area (Å²) in [4.78, 5) is 24.5. The highest BCUT2D eigenvalue weighted by Gasteiger charge is 2.41. The average molecular weight is 287 g/mol. The van der Waals surface area contributed by atoms with Gasteiger partial charge in [-0.05, 0) is 50.3 Å². The number of aryl methyl sites for hydroxylation is 1. The van der Waals surface area contributed by atoms with Gasteiger partial charge in [0.15, 0.2) is 0 Å². The number of rotatable bonds is 2. The van der Waals surface area contributed by atoms with E-state index >= 15 is 0 Å². The van der Waals surface area contributed by atoms with Gasteiger partial charge in [0.1, 0.15) is 11.5 Å². The van der Waals surface area contributed by atoms with Crippen LogP contribution in [0.1, 0.15) is 37.7 Å². The van der Waals surface area contributed by atoms with Crippen LogP contribution in [0.25, 0.3) is 0 Å². The van der Waals surface area contributed by atoms with Gasteiger partial charge < -0.3 is 10.4 Å². The van der Waals surface area contributed by atoms with Gasteiger partial charge in [0.05, 0.1) is 5.69 Å². The van der Waals surface area contributed by atoms with Gasteiger partial charge in [0, 0.05) is 17.8 Å². The van der Waals surface area contributed by atoms with Crippen LogP contribution < -0.4 is 5.32 Å². The van der Waals surface area contributed by atoms with Gasteiger partial charge in [-0.2, -0.15) is 0 Å². The van der Waals surface area contributed by atoms with Gasteiger partial charge in [-0.3, -0.25) is 9.59 Å². The van der Waals surface area contributed by atoms with Crippen molar-refractivity contribution >= 4 is 17.4 Å². The molecule has 0 spiro atoms. The fraction of sp³-hybridized carbons (Fsp3) is 0.529. The summed E-state index contributed by atoms with van der Waals surface area (Å²) in [7, 11) is 0. The van der Waals surface area contributed by atoms with Gasteiger partial charge >= 0.3 is 0 Å². The Bertz CT molecular complexity index is 565. The summed E-state index contributed by atoms with van der Waals surface area (Å²) in [5.41, 5.74) is 1.40. The van der Waals surface area contributed by atoms with Crippen LogP contribution in [-0.4, -0.2) is 16.8 Å². The van der Waals surface area contributed by atoms with E-state index in [0.717, 1.165) is 24.8 Å². The molecule has 2 fully saturated rings. The summed E-state index contributed by atoms with van der Waals surface area (Å²) in [5, 5.41) is 12.7. The summed E-state index contributed by atoms with van der Waals surface area (Å²) in [5.74, 6) is 0.413. The second-order valence-electron chi connectivity index (χ2n) is 6.41. The highest BCUT2D eigenvalue weighted by atomic mass is 16.3. The zero-order valence-corrected chi connectivity index (χ0v) is 12.3. The van der Waals surface area contributed by atoms with Crippen molar-refractivity contribution < 1.29 is 14.7 Å². The number of anilines is 1. The van der Waals surface area contributed by atoms with Gasteiger partial charge in [-0.25, -0.2) is 0 Å². The van der Waals surface area contributed by atoms with Crippen LogP contribution >= 0.6 is 0 Å². The Kier molecular flexibility index (Phi) is 3.70. The summed E-state index contributed by atoms with van der Waals surface area (Å²) < 4.78 is 0. The highest BCUT2D eigenvalue weighted by Crippen LogP contribution is 2.40. The van der Waals surface area contributed by atoms with Crippen LogP contribution in [0.2, 0.25) is 0 Å². The predicted octanol–water partition coefficient (Wildman–Crippen LogP) is 3.03. The van der Waals surface area contributed by atoms with Crippen LogP contribution in [0.4, 0.5) is 5.69 Å². The quantitative estimate of drug-likeness (QED) is 0.822. The number of phenols is 1. The Hall–Kier alpha value is -1.84. The lowest BCUT2D eigenvalue weighted by Gasteiger charge is -2.36. The largest absolute Gasteiger partial charge is 0.506 e. The van der Waals surface area contributed by atoms with E-state index in [9.17, 15) is 14.7 Å². The van der Waals surface area contributed by atoms with Crippen molar-refractivity contribution in [3.05, 3.63) is 23.8 Å². The molecule has 1 aromatic rings. The van der Waals surface area contributed by atoms with Gasteiger partial charge in [-0.15, -0.1) is 0 Å². The van der Waals surface area contributed by atoms with E-state index in [4.69, 9.17) is 0 Å². The SMILES string of the molecule is Cc1ccc(NC(=O)C2C[C@H]3CCC[C@@H](C2)C3=O)c(O)c1. The number of benzene rings is 1. The maximum atomic E-state index is 12.4. The first kappa shape index (κ1) is 14.1. The normalized spacial score (nSPS) is 28.2. The molecule has 0 aliphatic heterocycles. The first-order chi connectivity index (χ1) is 10.0. The van der Waals surface area contributed by atoms with E-state index in [2.05, 4.69) is 5.32 Å². The van der Waals surface area contributed by atoms with Crippen molar-refractivity contribution in [2.24, 2.45) is 17.8 Å². The van der Waals surface area contributed by atoms with E-state index < -0.39 is 0 Å². The number of phenolic OH excluding ortho intramolecular Hbond substituents is 1. The first-order valence-corrected chi connectivity index (χ1v) is 7.69. The third-order valence-electron chi connectivity index (χ3n) is 4.83. The molecule has 4 nitrogen and oxygen atoms in total. The van der Waals surface area contributed by atoms with Crippen molar-refractivity contribution in [2.75, 3.05) is 5.32 Å². The summed E-state index contributed by atoms with van der Waals surface area (Å²) in [6.07, 6.45) is 4.28. The minimum Gasteiger partial charge on any atom is -0.506 e. The molecule has 1 unspecified atom stereocenters. The Morgan fingerprint density at radius 3 is 2.52 bits per heavy atom. The number of carbonyl (C=O) groups is 2. The van der Waals surface area contributed by atoms with E-state index in [1.807, 2.05) is 13.0 Å². The topological polar surface area (TPSA) is 66.4 Å². The zero-order chi connectivity index (χ0) is 15.0. The maximum absolute atomic E-state index is 12.4. The van der Waals surface area contributed by atoms with Crippen LogP contribution in [0.15, 0.2) is 18.2 Å². The molecular formula is C17H21NO3. The number of Topliss-reactive ketones (excluding diaryl/α,β-unsaturated/α-hetero) is 1. The van der Waals surface area contributed by atoms with Crippen molar-refractivity contribution in [1.82, 2.24) is 0 Å². The van der Waals surface area contributed by atoms with Crippen LogP contribution in [0.5, 0.6) is 5.75 Å². The lowest BCUT2D eigenvalue weighted by Crippen LogP contribution is -2.40. The number of fused-ring (bicyclic) bond motifs is 2. The summed E-state index contributed by atoms with van der Waals surface area (Å²) in [6.45, 7) is 1.89. The van der Waals surface area contributed by atoms with Crippen LogP contribution in [0, 0.1) is 24.7 Å². The molecule has 1 aromatic carbocycles. The number of aromatic hydroxyl groups is 1. The fourth-order valence-electron chi connectivity index (χ4n) is 3.68. The molecule has 2 saturated carbocycles. The molecule has 4 heteroatoms. The molecule has 112 valence electrons. The third-order valence-corrected chi connectivity index (χ3v) is 4.83. The zero-order valence-electron chi connectivity index (χ0n) is 12.3. The Labute approximate surface area is 124 Å². The molecule has 21 heavy (non-hydrogen) atoms. The van der Waals surface area contributed by atoms with E-state index in [1.54, 1.807) is 12.1 Å². The fourth-order valence-corrected chi connectivity index (χ4v) is 3.68. The van der Waals surface area contributed by atoms with Gasteiger partial charge in [0.25, 0.3) is 0 Å². The van der Waals surface area contributed by atoms with Crippen molar-refractivity contribution in [2.45, 2.75) is 39.0 Å². The van der Waals surface area contributed by atoms with Crippen LogP contribution in [0.3, 0.4) is 0 Å². The average Bonchev–Trinajstić information content (AvgIpc) is 2.41. The molecule has 2 N–H and O–H groups in total. The van der Waals surface area contributed by atoms with Crippen molar-refractivity contribution in [3.8, 4) is 5.75 Å². The molecule has 0 radical (unpaired) electrons.